The fraction of sp³-hybridized carbons (Fsp3) is 0.708. The summed E-state index contributed by atoms with van der Waals surface area (Å²) in [5.74, 6) is 0. The first-order chi connectivity index (χ1) is 12.9. The topological polar surface area (TPSA) is 32.9 Å². The van der Waals surface area contributed by atoms with Gasteiger partial charge in [-0.25, -0.2) is 0 Å². The zero-order chi connectivity index (χ0) is 18.7. The van der Waals surface area contributed by atoms with Gasteiger partial charge in [-0.1, -0.05) is 83.3 Å². The van der Waals surface area contributed by atoms with Crippen molar-refractivity contribution in [1.29, 1.82) is 0 Å². The van der Waals surface area contributed by atoms with E-state index in [1.54, 1.807) is 0 Å². The molecule has 1 aromatic heterocycles. The average Bonchev–Trinajstić information content (AvgIpc) is 3.12. The van der Waals surface area contributed by atoms with Gasteiger partial charge < -0.3 is 4.98 Å². The molecule has 0 radical (unpaired) electrons. The van der Waals surface area contributed by atoms with E-state index in [4.69, 9.17) is 0 Å². The molecule has 1 rings (SSSR count). The summed E-state index contributed by atoms with van der Waals surface area (Å²) in [4.78, 5) is 13.8. The second-order valence-electron chi connectivity index (χ2n) is 7.60. The van der Waals surface area contributed by atoms with Crippen LogP contribution in [0.3, 0.4) is 0 Å². The van der Waals surface area contributed by atoms with Gasteiger partial charge in [0.2, 0.25) is 0 Å². The second kappa shape index (κ2) is 17.1. The number of aldehydes is 1. The standard InChI is InChI=1S/C24H41NO/c1-2-3-4-5-6-7-8-9-10-11-12-13-14-15-16-17-18-19-23-20-21-24(22-26)25-23/h9-10,20-22,25H,2-8,11-19H2,1H3. The number of nitrogens with one attached hydrogen (secondary N) is 1. The van der Waals surface area contributed by atoms with Crippen molar-refractivity contribution >= 4 is 6.29 Å². The van der Waals surface area contributed by atoms with Gasteiger partial charge in [0, 0.05) is 5.69 Å². The van der Waals surface area contributed by atoms with Crippen LogP contribution in [0.2, 0.25) is 0 Å². The van der Waals surface area contributed by atoms with Gasteiger partial charge in [0.05, 0.1) is 5.69 Å². The third kappa shape index (κ3) is 13.0. The first-order valence-corrected chi connectivity index (χ1v) is 11.1. The van der Waals surface area contributed by atoms with E-state index >= 15 is 0 Å². The van der Waals surface area contributed by atoms with Gasteiger partial charge in [-0.3, -0.25) is 4.79 Å². The number of rotatable bonds is 18. The van der Waals surface area contributed by atoms with Gasteiger partial charge in [0.15, 0.2) is 6.29 Å². The molecule has 0 aliphatic heterocycles. The molecule has 2 nitrogen and oxygen atoms in total. The van der Waals surface area contributed by atoms with Crippen molar-refractivity contribution in [3.63, 3.8) is 0 Å². The molecule has 1 heterocycles. The Morgan fingerprint density at radius 2 is 1.27 bits per heavy atom. The van der Waals surface area contributed by atoms with Crippen LogP contribution in [0, 0.1) is 0 Å². The van der Waals surface area contributed by atoms with Crippen LogP contribution in [0.4, 0.5) is 0 Å². The number of aryl methyl sites for hydroxylation is 1. The molecule has 2 heteroatoms. The number of H-pyrrole nitrogens is 1. The molecule has 0 amide bonds. The summed E-state index contributed by atoms with van der Waals surface area (Å²) in [6.45, 7) is 2.28. The molecule has 0 atom stereocenters. The fourth-order valence-electron chi connectivity index (χ4n) is 3.41. The number of carbonyl (C=O) groups is 1. The van der Waals surface area contributed by atoms with E-state index in [1.807, 2.05) is 12.1 Å². The summed E-state index contributed by atoms with van der Waals surface area (Å²) in [6.07, 6.45) is 27.0. The van der Waals surface area contributed by atoms with E-state index in [0.29, 0.717) is 5.69 Å². The largest absolute Gasteiger partial charge is 0.356 e. The number of hydrogen-bond acceptors (Lipinski definition) is 1. The number of aromatic nitrogens is 1. The minimum absolute atomic E-state index is 0.695. The molecule has 0 aliphatic carbocycles. The van der Waals surface area contributed by atoms with Crippen LogP contribution in [0.25, 0.3) is 0 Å². The lowest BCUT2D eigenvalue weighted by atomic mass is 10.1. The van der Waals surface area contributed by atoms with E-state index in [1.165, 1.54) is 102 Å². The highest BCUT2D eigenvalue weighted by atomic mass is 16.1. The monoisotopic (exact) mass is 359 g/mol. The van der Waals surface area contributed by atoms with E-state index < -0.39 is 0 Å². The summed E-state index contributed by atoms with van der Waals surface area (Å²) < 4.78 is 0. The maximum Gasteiger partial charge on any atom is 0.166 e. The first kappa shape index (κ1) is 22.7. The van der Waals surface area contributed by atoms with E-state index in [9.17, 15) is 4.79 Å². The molecule has 0 saturated carbocycles. The summed E-state index contributed by atoms with van der Waals surface area (Å²) in [5, 5.41) is 0. The lowest BCUT2D eigenvalue weighted by Gasteiger charge is -2.01. The van der Waals surface area contributed by atoms with Crippen LogP contribution in [0.5, 0.6) is 0 Å². The van der Waals surface area contributed by atoms with Crippen molar-refractivity contribution in [3.05, 3.63) is 35.7 Å². The fourth-order valence-corrected chi connectivity index (χ4v) is 3.41. The predicted molar refractivity (Wildman–Crippen MR) is 114 cm³/mol. The molecule has 26 heavy (non-hydrogen) atoms. The summed E-state index contributed by atoms with van der Waals surface area (Å²) in [7, 11) is 0. The van der Waals surface area contributed by atoms with E-state index in [-0.39, 0.29) is 0 Å². The second-order valence-corrected chi connectivity index (χ2v) is 7.60. The van der Waals surface area contributed by atoms with Crippen LogP contribution in [0.1, 0.15) is 119 Å². The molecule has 0 aliphatic rings. The Hall–Kier alpha value is -1.31. The Kier molecular flexibility index (Phi) is 15.0. The lowest BCUT2D eigenvalue weighted by Crippen LogP contribution is -1.88. The molecule has 0 bridgehead atoms. The van der Waals surface area contributed by atoms with Crippen molar-refractivity contribution in [3.8, 4) is 0 Å². The quantitative estimate of drug-likeness (QED) is 0.162. The Labute approximate surface area is 161 Å². The van der Waals surface area contributed by atoms with Crippen molar-refractivity contribution in [2.24, 2.45) is 0 Å². The molecule has 1 N–H and O–H groups in total. The van der Waals surface area contributed by atoms with Gasteiger partial charge in [-0.05, 0) is 50.7 Å². The highest BCUT2D eigenvalue weighted by Gasteiger charge is 1.98. The molecule has 148 valence electrons. The number of aromatic amines is 1. The lowest BCUT2D eigenvalue weighted by molar-refractivity contribution is 0.111. The van der Waals surface area contributed by atoms with Crippen molar-refractivity contribution < 1.29 is 4.79 Å². The van der Waals surface area contributed by atoms with Crippen LogP contribution in [0.15, 0.2) is 24.3 Å². The van der Waals surface area contributed by atoms with E-state index in [2.05, 4.69) is 24.1 Å². The summed E-state index contributed by atoms with van der Waals surface area (Å²) in [5.41, 5.74) is 1.89. The highest BCUT2D eigenvalue weighted by Crippen LogP contribution is 2.12. The van der Waals surface area contributed by atoms with Crippen molar-refractivity contribution in [2.75, 3.05) is 0 Å². The van der Waals surface area contributed by atoms with E-state index in [0.717, 1.165) is 12.7 Å². The predicted octanol–water partition coefficient (Wildman–Crippen LogP) is 7.80. The summed E-state index contributed by atoms with van der Waals surface area (Å²) >= 11 is 0. The Morgan fingerprint density at radius 1 is 0.731 bits per heavy atom. The third-order valence-corrected chi connectivity index (χ3v) is 5.10. The molecular formula is C24H41NO. The number of unbranched alkanes of at least 4 members (excludes halogenated alkanes) is 13. The maximum absolute atomic E-state index is 10.6. The molecule has 1 aromatic rings. The molecule has 0 fully saturated rings. The SMILES string of the molecule is CCCCCCCCC=CCCCCCCCCCc1ccc(C=O)[nH]1. The Bertz CT molecular complexity index is 461. The molecule has 0 unspecified atom stereocenters. The maximum atomic E-state index is 10.6. The number of hydrogen-bond donors (Lipinski definition) is 1. The zero-order valence-corrected chi connectivity index (χ0v) is 17.1. The van der Waals surface area contributed by atoms with Gasteiger partial charge in [0.1, 0.15) is 0 Å². The normalized spacial score (nSPS) is 11.4. The average molecular weight is 360 g/mol. The number of carbonyl (C=O) groups excluding carboxylic acids is 1. The third-order valence-electron chi connectivity index (χ3n) is 5.10. The molecule has 0 aromatic carbocycles. The minimum Gasteiger partial charge on any atom is -0.356 e. The van der Waals surface area contributed by atoms with Crippen LogP contribution >= 0.6 is 0 Å². The molecule has 0 saturated heterocycles. The Morgan fingerprint density at radius 3 is 1.81 bits per heavy atom. The summed E-state index contributed by atoms with van der Waals surface area (Å²) in [6, 6.07) is 3.90. The number of allylic oxidation sites excluding steroid dienone is 2. The zero-order valence-electron chi connectivity index (χ0n) is 17.1. The molecular weight excluding hydrogens is 318 g/mol. The smallest absolute Gasteiger partial charge is 0.166 e. The highest BCUT2D eigenvalue weighted by molar-refractivity contribution is 5.71. The van der Waals surface area contributed by atoms with Gasteiger partial charge >= 0.3 is 0 Å². The first-order valence-electron chi connectivity index (χ1n) is 11.1. The van der Waals surface area contributed by atoms with Gasteiger partial charge in [-0.15, -0.1) is 0 Å². The van der Waals surface area contributed by atoms with Crippen molar-refractivity contribution in [2.45, 2.75) is 110 Å². The molecule has 0 spiro atoms. The van der Waals surface area contributed by atoms with Crippen LogP contribution in [-0.4, -0.2) is 11.3 Å². The van der Waals surface area contributed by atoms with Gasteiger partial charge in [-0.2, -0.15) is 0 Å². The minimum atomic E-state index is 0.695. The van der Waals surface area contributed by atoms with Crippen molar-refractivity contribution in [1.82, 2.24) is 4.98 Å². The van der Waals surface area contributed by atoms with Crippen LogP contribution < -0.4 is 0 Å². The van der Waals surface area contributed by atoms with Gasteiger partial charge in [0.25, 0.3) is 0 Å². The Balaban J connectivity index is 1.77. The van der Waals surface area contributed by atoms with Crippen LogP contribution in [-0.2, 0) is 6.42 Å².